The van der Waals surface area contributed by atoms with Gasteiger partial charge in [-0.2, -0.15) is 0 Å². The molecule has 8 nitrogen and oxygen atoms in total. The van der Waals surface area contributed by atoms with Crippen molar-refractivity contribution in [3.05, 3.63) is 40.9 Å². The van der Waals surface area contributed by atoms with Gasteiger partial charge in [0.05, 0.1) is 29.6 Å². The van der Waals surface area contributed by atoms with E-state index in [1.807, 2.05) is 31.2 Å². The van der Waals surface area contributed by atoms with E-state index in [1.165, 1.54) is 11.3 Å². The van der Waals surface area contributed by atoms with Crippen LogP contribution in [-0.2, 0) is 0 Å². The summed E-state index contributed by atoms with van der Waals surface area (Å²) in [4.78, 5) is 33.5. The fourth-order valence-corrected chi connectivity index (χ4v) is 5.24. The number of aryl methyl sites for hydroxylation is 1. The number of nitrogens with zero attached hydrogens (tertiary/aromatic N) is 2. The van der Waals surface area contributed by atoms with Crippen molar-refractivity contribution in [3.63, 3.8) is 0 Å². The summed E-state index contributed by atoms with van der Waals surface area (Å²) in [6.07, 6.45) is 3.65. The maximum Gasteiger partial charge on any atom is 0.331 e. The second-order valence-electron chi connectivity index (χ2n) is 7.75. The van der Waals surface area contributed by atoms with Crippen molar-refractivity contribution in [2.45, 2.75) is 25.8 Å². The zero-order valence-electron chi connectivity index (χ0n) is 17.3. The van der Waals surface area contributed by atoms with Crippen molar-refractivity contribution in [2.75, 3.05) is 30.4 Å². The van der Waals surface area contributed by atoms with Crippen LogP contribution in [0.3, 0.4) is 0 Å². The van der Waals surface area contributed by atoms with Gasteiger partial charge in [0.2, 0.25) is 0 Å². The van der Waals surface area contributed by atoms with E-state index in [4.69, 9.17) is 4.74 Å². The third-order valence-electron chi connectivity index (χ3n) is 5.73. The number of benzene rings is 1. The number of rotatable bonds is 4. The number of pyridine rings is 1. The van der Waals surface area contributed by atoms with E-state index in [0.717, 1.165) is 53.1 Å². The first kappa shape index (κ1) is 19.8. The molecule has 4 heterocycles. The molecule has 1 unspecified atom stereocenters. The predicted octanol–water partition coefficient (Wildman–Crippen LogP) is 3.78. The van der Waals surface area contributed by atoms with Crippen LogP contribution in [0, 0.1) is 6.92 Å². The molecule has 0 spiro atoms. The molecule has 0 radical (unpaired) electrons. The molecule has 1 aromatic carbocycles. The van der Waals surface area contributed by atoms with Crippen LogP contribution < -0.4 is 25.6 Å². The number of ether oxygens (including phenoxy) is 1. The lowest BCUT2D eigenvalue weighted by atomic mass is 10.1. The molecule has 2 aliphatic rings. The van der Waals surface area contributed by atoms with Gasteiger partial charge in [-0.1, -0.05) is 0 Å². The SMILES string of the molecule is COc1ccc(N2C(=O)Nc3c(C(=O)NC4CCCNC4)sc4nccc2c34)c(C)c1. The number of amides is 3. The van der Waals surface area contributed by atoms with Crippen molar-refractivity contribution in [2.24, 2.45) is 0 Å². The fraction of sp³-hybridized carbons (Fsp3) is 0.318. The quantitative estimate of drug-likeness (QED) is 0.577. The van der Waals surface area contributed by atoms with Gasteiger partial charge in [0, 0.05) is 18.8 Å². The number of hydrogen-bond donors (Lipinski definition) is 3. The van der Waals surface area contributed by atoms with Crippen LogP contribution >= 0.6 is 11.3 Å². The average Bonchev–Trinajstić information content (AvgIpc) is 3.15. The lowest BCUT2D eigenvalue weighted by Crippen LogP contribution is -2.45. The Balaban J connectivity index is 1.56. The number of thiophene rings is 1. The van der Waals surface area contributed by atoms with Gasteiger partial charge in [0.25, 0.3) is 5.91 Å². The van der Waals surface area contributed by atoms with Gasteiger partial charge in [0.15, 0.2) is 0 Å². The Morgan fingerprint density at radius 1 is 1.32 bits per heavy atom. The van der Waals surface area contributed by atoms with E-state index < -0.39 is 0 Å². The van der Waals surface area contributed by atoms with Gasteiger partial charge in [-0.05, 0) is 56.1 Å². The van der Waals surface area contributed by atoms with Crippen LogP contribution in [-0.4, -0.2) is 43.2 Å². The summed E-state index contributed by atoms with van der Waals surface area (Å²) in [7, 11) is 1.61. The maximum atomic E-state index is 13.2. The van der Waals surface area contributed by atoms with Crippen molar-refractivity contribution < 1.29 is 14.3 Å². The number of piperidine rings is 1. The molecule has 1 fully saturated rings. The van der Waals surface area contributed by atoms with Crippen molar-refractivity contribution in [1.29, 1.82) is 0 Å². The molecule has 5 rings (SSSR count). The van der Waals surface area contributed by atoms with Gasteiger partial charge in [0.1, 0.15) is 15.5 Å². The molecule has 2 aromatic heterocycles. The lowest BCUT2D eigenvalue weighted by Gasteiger charge is -2.29. The van der Waals surface area contributed by atoms with Crippen LogP contribution in [0.15, 0.2) is 30.5 Å². The summed E-state index contributed by atoms with van der Waals surface area (Å²) in [5.74, 6) is 0.554. The van der Waals surface area contributed by atoms with Crippen molar-refractivity contribution in [3.8, 4) is 5.75 Å². The molecular formula is C22H23N5O3S. The van der Waals surface area contributed by atoms with E-state index in [2.05, 4.69) is 20.9 Å². The monoisotopic (exact) mass is 437 g/mol. The molecule has 0 saturated carbocycles. The van der Waals surface area contributed by atoms with Crippen LogP contribution in [0.2, 0.25) is 0 Å². The molecule has 2 aliphatic heterocycles. The third-order valence-corrected chi connectivity index (χ3v) is 6.83. The average molecular weight is 438 g/mol. The van der Waals surface area contributed by atoms with E-state index in [-0.39, 0.29) is 18.0 Å². The highest BCUT2D eigenvalue weighted by Crippen LogP contribution is 2.46. The molecule has 31 heavy (non-hydrogen) atoms. The maximum absolute atomic E-state index is 13.2. The Hall–Kier alpha value is -3.17. The number of carbonyl (C=O) groups excluding carboxylic acids is 2. The summed E-state index contributed by atoms with van der Waals surface area (Å²) in [5, 5.41) is 10.1. The molecule has 1 atom stereocenters. The molecule has 0 aliphatic carbocycles. The van der Waals surface area contributed by atoms with Gasteiger partial charge in [-0.15, -0.1) is 11.3 Å². The predicted molar refractivity (Wildman–Crippen MR) is 122 cm³/mol. The van der Waals surface area contributed by atoms with Gasteiger partial charge in [-0.3, -0.25) is 9.69 Å². The highest BCUT2D eigenvalue weighted by molar-refractivity contribution is 7.21. The van der Waals surface area contributed by atoms with Crippen molar-refractivity contribution >= 4 is 50.6 Å². The number of nitrogens with one attached hydrogen (secondary N) is 3. The summed E-state index contributed by atoms with van der Waals surface area (Å²) in [6, 6.07) is 7.17. The minimum Gasteiger partial charge on any atom is -0.497 e. The Morgan fingerprint density at radius 3 is 2.94 bits per heavy atom. The Labute approximate surface area is 183 Å². The lowest BCUT2D eigenvalue weighted by molar-refractivity contribution is 0.0935. The molecule has 3 amide bonds. The second-order valence-corrected chi connectivity index (χ2v) is 8.75. The molecule has 3 aromatic rings. The Kier molecular flexibility index (Phi) is 4.99. The fourth-order valence-electron chi connectivity index (χ4n) is 4.22. The minimum absolute atomic E-state index is 0.0869. The first-order valence-electron chi connectivity index (χ1n) is 10.3. The number of urea groups is 1. The molecular weight excluding hydrogens is 414 g/mol. The van der Waals surface area contributed by atoms with E-state index >= 15 is 0 Å². The normalized spacial score (nSPS) is 18.1. The van der Waals surface area contributed by atoms with Gasteiger partial charge in [-0.25, -0.2) is 9.78 Å². The van der Waals surface area contributed by atoms with Crippen LogP contribution in [0.4, 0.5) is 21.9 Å². The van der Waals surface area contributed by atoms with Crippen LogP contribution in [0.5, 0.6) is 5.75 Å². The molecule has 0 bridgehead atoms. The molecule has 1 saturated heterocycles. The van der Waals surface area contributed by atoms with Gasteiger partial charge < -0.3 is 20.7 Å². The Morgan fingerprint density at radius 2 is 2.19 bits per heavy atom. The first-order chi connectivity index (χ1) is 15.1. The summed E-state index contributed by atoms with van der Waals surface area (Å²) in [6.45, 7) is 3.67. The van der Waals surface area contributed by atoms with Crippen molar-refractivity contribution in [1.82, 2.24) is 15.6 Å². The highest BCUT2D eigenvalue weighted by atomic mass is 32.1. The van der Waals surface area contributed by atoms with E-state index in [0.29, 0.717) is 16.3 Å². The zero-order valence-corrected chi connectivity index (χ0v) is 18.1. The number of anilines is 3. The molecule has 3 N–H and O–H groups in total. The number of aromatic nitrogens is 1. The third kappa shape index (κ3) is 3.39. The number of hydrogen-bond acceptors (Lipinski definition) is 6. The summed E-state index contributed by atoms with van der Waals surface area (Å²) >= 11 is 1.30. The topological polar surface area (TPSA) is 95.6 Å². The number of carbonyl (C=O) groups is 2. The van der Waals surface area contributed by atoms with E-state index in [1.54, 1.807) is 18.2 Å². The summed E-state index contributed by atoms with van der Waals surface area (Å²) < 4.78 is 5.29. The van der Waals surface area contributed by atoms with Crippen LogP contribution in [0.25, 0.3) is 10.2 Å². The molecule has 9 heteroatoms. The first-order valence-corrected chi connectivity index (χ1v) is 11.1. The van der Waals surface area contributed by atoms with E-state index in [9.17, 15) is 9.59 Å². The standard InChI is InChI=1S/C22H23N5O3S/c1-12-10-14(30-2)5-6-15(12)27-16-7-9-24-21-17(16)18(26-22(27)29)19(31-21)20(28)25-13-4-3-8-23-11-13/h5-7,9-10,13,23H,3-4,8,11H2,1-2H3,(H,25,28)(H,26,29). The summed E-state index contributed by atoms with van der Waals surface area (Å²) in [5.41, 5.74) is 2.91. The minimum atomic E-state index is -0.306. The smallest absolute Gasteiger partial charge is 0.331 e. The van der Waals surface area contributed by atoms with Gasteiger partial charge >= 0.3 is 6.03 Å². The molecule has 160 valence electrons. The second kappa shape index (κ2) is 7.82. The zero-order chi connectivity index (χ0) is 21.5. The largest absolute Gasteiger partial charge is 0.497 e. The number of methoxy groups -OCH3 is 1. The highest BCUT2D eigenvalue weighted by Gasteiger charge is 2.33. The van der Waals surface area contributed by atoms with Crippen LogP contribution in [0.1, 0.15) is 28.1 Å². The Bertz CT molecular complexity index is 1190.